The molecule has 0 radical (unpaired) electrons. The first kappa shape index (κ1) is 12.7. The molecule has 18 heavy (non-hydrogen) atoms. The number of hydrogen-bond donors (Lipinski definition) is 1. The van der Waals surface area contributed by atoms with Crippen molar-refractivity contribution in [1.29, 1.82) is 0 Å². The Bertz CT molecular complexity index is 440. The van der Waals surface area contributed by atoms with Crippen LogP contribution in [0.25, 0.3) is 0 Å². The Morgan fingerprint density at radius 3 is 2.61 bits per heavy atom. The van der Waals surface area contributed by atoms with Gasteiger partial charge < -0.3 is 20.3 Å². The monoisotopic (exact) mass is 249 g/mol. The highest BCUT2D eigenvalue weighted by molar-refractivity contribution is 6.00. The Balaban J connectivity index is 2.36. The average molecular weight is 249 g/mol. The molecule has 5 heteroatoms. The Kier molecular flexibility index (Phi) is 3.72. The van der Waals surface area contributed by atoms with Crippen molar-refractivity contribution in [2.45, 2.75) is 0 Å². The number of nitrogens with two attached hydrogens (primary N) is 1. The second-order valence-corrected chi connectivity index (χ2v) is 4.58. The molecular weight excluding hydrogens is 230 g/mol. The van der Waals surface area contributed by atoms with E-state index in [2.05, 4.69) is 4.90 Å². The first-order chi connectivity index (χ1) is 8.59. The number of benzene rings is 1. The van der Waals surface area contributed by atoms with Crippen LogP contribution in [0.1, 0.15) is 10.4 Å². The van der Waals surface area contributed by atoms with E-state index in [0.29, 0.717) is 24.5 Å². The molecule has 1 aromatic carbocycles. The normalized spacial score (nSPS) is 15.6. The number of nitrogen functional groups attached to an aromatic ring is 1. The van der Waals surface area contributed by atoms with Gasteiger partial charge in [0.05, 0.1) is 24.5 Å². The van der Waals surface area contributed by atoms with Crippen LogP contribution >= 0.6 is 0 Å². The van der Waals surface area contributed by atoms with Crippen molar-refractivity contribution >= 4 is 17.3 Å². The summed E-state index contributed by atoms with van der Waals surface area (Å²) < 4.78 is 5.33. The number of anilines is 2. The number of carbonyl (C=O) groups excluding carboxylic acids is 1. The number of rotatable bonds is 2. The fourth-order valence-corrected chi connectivity index (χ4v) is 2.04. The van der Waals surface area contributed by atoms with Crippen LogP contribution in [0.2, 0.25) is 0 Å². The molecule has 98 valence electrons. The first-order valence-corrected chi connectivity index (χ1v) is 6.03. The summed E-state index contributed by atoms with van der Waals surface area (Å²) in [5, 5.41) is 0. The molecule has 0 aliphatic carbocycles. The minimum atomic E-state index is -0.00325. The van der Waals surface area contributed by atoms with Crippen LogP contribution in [-0.2, 0) is 4.74 Å². The van der Waals surface area contributed by atoms with Gasteiger partial charge in [-0.2, -0.15) is 0 Å². The Hall–Kier alpha value is -1.75. The molecule has 2 rings (SSSR count). The predicted octanol–water partition coefficient (Wildman–Crippen LogP) is 0.807. The highest BCUT2D eigenvalue weighted by Gasteiger charge is 2.19. The SMILES string of the molecule is CN(C)C(=O)c1ccc(N)cc1N1CCOCC1. The summed E-state index contributed by atoms with van der Waals surface area (Å²) in [4.78, 5) is 15.9. The van der Waals surface area contributed by atoms with Gasteiger partial charge in [-0.1, -0.05) is 0 Å². The molecule has 0 atom stereocenters. The van der Waals surface area contributed by atoms with Gasteiger partial charge in [0.25, 0.3) is 5.91 Å². The van der Waals surface area contributed by atoms with E-state index in [4.69, 9.17) is 10.5 Å². The third kappa shape index (κ3) is 2.56. The van der Waals surface area contributed by atoms with Crippen molar-refractivity contribution < 1.29 is 9.53 Å². The standard InChI is InChI=1S/C13H19N3O2/c1-15(2)13(17)11-4-3-10(14)9-12(11)16-5-7-18-8-6-16/h3-4,9H,5-8,14H2,1-2H3. The van der Waals surface area contributed by atoms with Gasteiger partial charge in [0.1, 0.15) is 0 Å². The molecular formula is C13H19N3O2. The Labute approximate surface area is 107 Å². The number of carbonyl (C=O) groups is 1. The van der Waals surface area contributed by atoms with Gasteiger partial charge in [-0.3, -0.25) is 4.79 Å². The lowest BCUT2D eigenvalue weighted by atomic mass is 10.1. The molecule has 1 saturated heterocycles. The van der Waals surface area contributed by atoms with E-state index in [-0.39, 0.29) is 5.91 Å². The molecule has 1 aliphatic rings. The summed E-state index contributed by atoms with van der Waals surface area (Å²) in [5.41, 5.74) is 8.09. The molecule has 1 heterocycles. The summed E-state index contributed by atoms with van der Waals surface area (Å²) in [6.45, 7) is 2.95. The van der Waals surface area contributed by atoms with E-state index < -0.39 is 0 Å². The second kappa shape index (κ2) is 5.27. The van der Waals surface area contributed by atoms with E-state index in [9.17, 15) is 4.79 Å². The quantitative estimate of drug-likeness (QED) is 0.788. The van der Waals surface area contributed by atoms with Crippen molar-refractivity contribution in [1.82, 2.24) is 4.90 Å². The fourth-order valence-electron chi connectivity index (χ4n) is 2.04. The van der Waals surface area contributed by atoms with Gasteiger partial charge in [-0.05, 0) is 18.2 Å². The van der Waals surface area contributed by atoms with E-state index in [1.165, 1.54) is 0 Å². The highest BCUT2D eigenvalue weighted by Crippen LogP contribution is 2.25. The molecule has 0 spiro atoms. The molecule has 0 aromatic heterocycles. The zero-order chi connectivity index (χ0) is 13.1. The van der Waals surface area contributed by atoms with Crippen molar-refractivity contribution in [2.24, 2.45) is 0 Å². The van der Waals surface area contributed by atoms with Crippen LogP contribution < -0.4 is 10.6 Å². The van der Waals surface area contributed by atoms with E-state index in [1.807, 2.05) is 6.07 Å². The topological polar surface area (TPSA) is 58.8 Å². The summed E-state index contributed by atoms with van der Waals surface area (Å²) in [7, 11) is 3.50. The predicted molar refractivity (Wildman–Crippen MR) is 71.9 cm³/mol. The van der Waals surface area contributed by atoms with E-state index in [0.717, 1.165) is 18.8 Å². The van der Waals surface area contributed by atoms with Crippen LogP contribution in [-0.4, -0.2) is 51.2 Å². The summed E-state index contributed by atoms with van der Waals surface area (Å²) in [6, 6.07) is 5.42. The van der Waals surface area contributed by atoms with Gasteiger partial charge in [0.15, 0.2) is 0 Å². The van der Waals surface area contributed by atoms with Crippen molar-refractivity contribution in [3.63, 3.8) is 0 Å². The number of amides is 1. The fraction of sp³-hybridized carbons (Fsp3) is 0.462. The molecule has 5 nitrogen and oxygen atoms in total. The number of morpholine rings is 1. The molecule has 2 N–H and O–H groups in total. The van der Waals surface area contributed by atoms with Crippen LogP contribution in [0.5, 0.6) is 0 Å². The maximum Gasteiger partial charge on any atom is 0.255 e. The minimum Gasteiger partial charge on any atom is -0.399 e. The summed E-state index contributed by atoms with van der Waals surface area (Å²) in [5.74, 6) is -0.00325. The first-order valence-electron chi connectivity index (χ1n) is 6.03. The summed E-state index contributed by atoms with van der Waals surface area (Å²) >= 11 is 0. The second-order valence-electron chi connectivity index (χ2n) is 4.58. The van der Waals surface area contributed by atoms with Crippen LogP contribution in [0.3, 0.4) is 0 Å². The van der Waals surface area contributed by atoms with Crippen LogP contribution in [0.4, 0.5) is 11.4 Å². The van der Waals surface area contributed by atoms with Crippen molar-refractivity contribution in [2.75, 3.05) is 51.0 Å². The van der Waals surface area contributed by atoms with E-state index >= 15 is 0 Å². The molecule has 1 aromatic rings. The van der Waals surface area contributed by atoms with Crippen molar-refractivity contribution in [3.05, 3.63) is 23.8 Å². The maximum absolute atomic E-state index is 12.1. The molecule has 0 unspecified atom stereocenters. The van der Waals surface area contributed by atoms with Gasteiger partial charge >= 0.3 is 0 Å². The average Bonchev–Trinajstić information content (AvgIpc) is 2.39. The number of nitrogens with zero attached hydrogens (tertiary/aromatic N) is 2. The zero-order valence-electron chi connectivity index (χ0n) is 10.8. The van der Waals surface area contributed by atoms with Crippen LogP contribution in [0.15, 0.2) is 18.2 Å². The molecule has 1 fully saturated rings. The van der Waals surface area contributed by atoms with Crippen LogP contribution in [0, 0.1) is 0 Å². The lowest BCUT2D eigenvalue weighted by Crippen LogP contribution is -2.37. The van der Waals surface area contributed by atoms with Gasteiger partial charge in [0.2, 0.25) is 0 Å². The number of ether oxygens (including phenoxy) is 1. The lowest BCUT2D eigenvalue weighted by molar-refractivity contribution is 0.0827. The minimum absolute atomic E-state index is 0.00325. The Morgan fingerprint density at radius 2 is 2.00 bits per heavy atom. The molecule has 0 bridgehead atoms. The lowest BCUT2D eigenvalue weighted by Gasteiger charge is -2.31. The van der Waals surface area contributed by atoms with Gasteiger partial charge in [-0.25, -0.2) is 0 Å². The smallest absolute Gasteiger partial charge is 0.255 e. The van der Waals surface area contributed by atoms with Crippen molar-refractivity contribution in [3.8, 4) is 0 Å². The largest absolute Gasteiger partial charge is 0.399 e. The highest BCUT2D eigenvalue weighted by atomic mass is 16.5. The van der Waals surface area contributed by atoms with E-state index in [1.54, 1.807) is 31.1 Å². The number of hydrogen-bond acceptors (Lipinski definition) is 4. The molecule has 1 amide bonds. The Morgan fingerprint density at radius 1 is 1.33 bits per heavy atom. The maximum atomic E-state index is 12.1. The summed E-state index contributed by atoms with van der Waals surface area (Å²) in [6.07, 6.45) is 0. The third-order valence-corrected chi connectivity index (χ3v) is 3.01. The molecule has 0 saturated carbocycles. The van der Waals surface area contributed by atoms with Gasteiger partial charge in [0, 0.05) is 32.9 Å². The zero-order valence-corrected chi connectivity index (χ0v) is 10.8. The molecule has 1 aliphatic heterocycles. The van der Waals surface area contributed by atoms with Gasteiger partial charge in [-0.15, -0.1) is 0 Å². The third-order valence-electron chi connectivity index (χ3n) is 3.01.